The highest BCUT2D eigenvalue weighted by molar-refractivity contribution is 5.59. The number of nitrogens with zero attached hydrogens (tertiary/aromatic N) is 4. The fourth-order valence-electron chi connectivity index (χ4n) is 3.73. The van der Waals surface area contributed by atoms with Gasteiger partial charge >= 0.3 is 0 Å². The lowest BCUT2D eigenvalue weighted by molar-refractivity contribution is 0.122. The first-order chi connectivity index (χ1) is 14.8. The molecule has 0 radical (unpaired) electrons. The highest BCUT2D eigenvalue weighted by Gasteiger charge is 2.11. The first-order valence-electron chi connectivity index (χ1n) is 10.5. The Kier molecular flexibility index (Phi) is 6.68. The number of nitriles is 1. The van der Waals surface area contributed by atoms with E-state index in [4.69, 9.17) is 15.0 Å². The van der Waals surface area contributed by atoms with Crippen LogP contribution in [0.3, 0.4) is 0 Å². The molecule has 1 aromatic heterocycles. The highest BCUT2D eigenvalue weighted by atomic mass is 16.5. The molecule has 0 amide bonds. The SMILES string of the molecule is N#CCCCc1cccc(-c2ccnc(Cc3ccc(N4CCOCC4)cc3)n2)c1. The molecule has 0 saturated carbocycles. The molecule has 1 saturated heterocycles. The maximum atomic E-state index is 8.74. The van der Waals surface area contributed by atoms with Gasteiger partial charge in [-0.3, -0.25) is 0 Å². The van der Waals surface area contributed by atoms with E-state index >= 15 is 0 Å². The normalized spacial score (nSPS) is 13.8. The van der Waals surface area contributed by atoms with Crippen molar-refractivity contribution in [3.8, 4) is 17.3 Å². The Morgan fingerprint density at radius 1 is 1.00 bits per heavy atom. The molecule has 3 aromatic rings. The van der Waals surface area contributed by atoms with Gasteiger partial charge in [0, 0.05) is 43.4 Å². The lowest BCUT2D eigenvalue weighted by Crippen LogP contribution is -2.36. The van der Waals surface area contributed by atoms with Gasteiger partial charge in [-0.2, -0.15) is 5.26 Å². The predicted molar refractivity (Wildman–Crippen MR) is 118 cm³/mol. The molecule has 0 bridgehead atoms. The van der Waals surface area contributed by atoms with E-state index in [0.717, 1.165) is 56.2 Å². The summed E-state index contributed by atoms with van der Waals surface area (Å²) in [7, 11) is 0. The third-order valence-electron chi connectivity index (χ3n) is 5.36. The first-order valence-corrected chi connectivity index (χ1v) is 10.5. The third kappa shape index (κ3) is 5.22. The van der Waals surface area contributed by atoms with Crippen molar-refractivity contribution in [1.29, 1.82) is 5.26 Å². The van der Waals surface area contributed by atoms with Crippen LogP contribution in [-0.2, 0) is 17.6 Å². The standard InChI is InChI=1S/C25H26N4O/c26-12-2-1-4-20-5-3-6-22(18-20)24-11-13-27-25(28-24)19-21-7-9-23(10-8-21)29-14-16-30-17-15-29/h3,5-11,13,18H,1-2,4,14-17,19H2. The van der Waals surface area contributed by atoms with Crippen molar-refractivity contribution >= 4 is 5.69 Å². The lowest BCUT2D eigenvalue weighted by Gasteiger charge is -2.28. The van der Waals surface area contributed by atoms with Crippen LogP contribution < -0.4 is 4.90 Å². The smallest absolute Gasteiger partial charge is 0.133 e. The van der Waals surface area contributed by atoms with Gasteiger partial charge < -0.3 is 9.64 Å². The Morgan fingerprint density at radius 3 is 2.63 bits per heavy atom. The molecule has 0 unspecified atom stereocenters. The van der Waals surface area contributed by atoms with Crippen molar-refractivity contribution in [3.05, 3.63) is 77.7 Å². The molecule has 0 aliphatic carbocycles. The van der Waals surface area contributed by atoms with Gasteiger partial charge in [0.25, 0.3) is 0 Å². The number of rotatable bonds is 7. The number of ether oxygens (including phenoxy) is 1. The lowest BCUT2D eigenvalue weighted by atomic mass is 10.0. The molecule has 0 N–H and O–H groups in total. The molecule has 1 fully saturated rings. The summed E-state index contributed by atoms with van der Waals surface area (Å²) in [5.41, 5.74) is 5.71. The molecule has 0 spiro atoms. The fraction of sp³-hybridized carbons (Fsp3) is 0.320. The third-order valence-corrected chi connectivity index (χ3v) is 5.36. The molecule has 2 heterocycles. The summed E-state index contributed by atoms with van der Waals surface area (Å²) in [5.74, 6) is 0.821. The topological polar surface area (TPSA) is 62.0 Å². The molecule has 4 rings (SSSR count). The van der Waals surface area contributed by atoms with Crippen molar-refractivity contribution in [1.82, 2.24) is 9.97 Å². The molecule has 1 aliphatic heterocycles. The Morgan fingerprint density at radius 2 is 1.83 bits per heavy atom. The van der Waals surface area contributed by atoms with E-state index in [-0.39, 0.29) is 0 Å². The van der Waals surface area contributed by atoms with E-state index in [0.29, 0.717) is 12.8 Å². The van der Waals surface area contributed by atoms with Crippen molar-refractivity contribution in [2.24, 2.45) is 0 Å². The molecule has 152 valence electrons. The van der Waals surface area contributed by atoms with E-state index in [9.17, 15) is 0 Å². The fourth-order valence-corrected chi connectivity index (χ4v) is 3.73. The largest absolute Gasteiger partial charge is 0.378 e. The van der Waals surface area contributed by atoms with Gasteiger partial charge in [0.05, 0.1) is 25.0 Å². The van der Waals surface area contributed by atoms with Gasteiger partial charge in [0.1, 0.15) is 5.82 Å². The van der Waals surface area contributed by atoms with Crippen molar-refractivity contribution in [2.75, 3.05) is 31.2 Å². The quantitative estimate of drug-likeness (QED) is 0.552. The van der Waals surface area contributed by atoms with Crippen LogP contribution in [0.15, 0.2) is 60.8 Å². The first kappa shape index (κ1) is 20.1. The van der Waals surface area contributed by atoms with Crippen molar-refractivity contribution in [3.63, 3.8) is 0 Å². The Bertz CT molecular complexity index is 1000. The number of aryl methyl sites for hydroxylation is 1. The summed E-state index contributed by atoms with van der Waals surface area (Å²) in [5, 5.41) is 8.74. The molecule has 0 atom stereocenters. The molecular formula is C25H26N4O. The van der Waals surface area contributed by atoms with Gasteiger partial charge in [0.2, 0.25) is 0 Å². The predicted octanol–water partition coefficient (Wildman–Crippen LogP) is 4.42. The van der Waals surface area contributed by atoms with Gasteiger partial charge in [-0.15, -0.1) is 0 Å². The maximum absolute atomic E-state index is 8.74. The molecule has 30 heavy (non-hydrogen) atoms. The number of anilines is 1. The summed E-state index contributed by atoms with van der Waals surface area (Å²) >= 11 is 0. The summed E-state index contributed by atoms with van der Waals surface area (Å²) in [4.78, 5) is 11.6. The van der Waals surface area contributed by atoms with Crippen LogP contribution in [0.2, 0.25) is 0 Å². The van der Waals surface area contributed by atoms with Crippen LogP contribution in [0.1, 0.15) is 29.8 Å². The van der Waals surface area contributed by atoms with Crippen LogP contribution >= 0.6 is 0 Å². The number of hydrogen-bond donors (Lipinski definition) is 0. The molecule has 5 heteroatoms. The molecule has 5 nitrogen and oxygen atoms in total. The summed E-state index contributed by atoms with van der Waals surface area (Å²) in [6.45, 7) is 3.48. The summed E-state index contributed by atoms with van der Waals surface area (Å²) in [6.07, 6.45) is 4.93. The zero-order valence-electron chi connectivity index (χ0n) is 17.1. The summed E-state index contributed by atoms with van der Waals surface area (Å²) < 4.78 is 5.43. The Hall–Kier alpha value is -3.23. The highest BCUT2D eigenvalue weighted by Crippen LogP contribution is 2.21. The van der Waals surface area contributed by atoms with E-state index in [2.05, 4.69) is 64.5 Å². The number of unbranched alkanes of at least 4 members (excludes halogenated alkanes) is 1. The average Bonchev–Trinajstić information content (AvgIpc) is 2.81. The number of morpholine rings is 1. The van der Waals surface area contributed by atoms with Gasteiger partial charge in [-0.05, 0) is 48.2 Å². The van der Waals surface area contributed by atoms with E-state index in [1.54, 1.807) is 0 Å². The molecule has 1 aliphatic rings. The second-order valence-corrected chi connectivity index (χ2v) is 7.51. The monoisotopic (exact) mass is 398 g/mol. The van der Waals surface area contributed by atoms with Crippen LogP contribution in [0.4, 0.5) is 5.69 Å². The minimum atomic E-state index is 0.589. The van der Waals surface area contributed by atoms with Gasteiger partial charge in [-0.1, -0.05) is 30.3 Å². The van der Waals surface area contributed by atoms with Crippen LogP contribution in [-0.4, -0.2) is 36.3 Å². The minimum Gasteiger partial charge on any atom is -0.378 e. The number of hydrogen-bond acceptors (Lipinski definition) is 5. The zero-order chi connectivity index (χ0) is 20.6. The van der Waals surface area contributed by atoms with E-state index in [1.165, 1.54) is 16.8 Å². The van der Waals surface area contributed by atoms with E-state index < -0.39 is 0 Å². The van der Waals surface area contributed by atoms with Crippen molar-refractivity contribution in [2.45, 2.75) is 25.7 Å². The van der Waals surface area contributed by atoms with E-state index in [1.807, 2.05) is 12.3 Å². The van der Waals surface area contributed by atoms with Crippen LogP contribution in [0.25, 0.3) is 11.3 Å². The zero-order valence-corrected chi connectivity index (χ0v) is 17.1. The molecular weight excluding hydrogens is 372 g/mol. The number of aromatic nitrogens is 2. The second kappa shape index (κ2) is 10.00. The van der Waals surface area contributed by atoms with Gasteiger partial charge in [0.15, 0.2) is 0 Å². The van der Waals surface area contributed by atoms with Crippen molar-refractivity contribution < 1.29 is 4.74 Å². The van der Waals surface area contributed by atoms with Gasteiger partial charge in [-0.25, -0.2) is 9.97 Å². The summed E-state index contributed by atoms with van der Waals surface area (Å²) in [6, 6.07) is 21.3. The second-order valence-electron chi connectivity index (χ2n) is 7.51. The number of benzene rings is 2. The average molecular weight is 399 g/mol. The maximum Gasteiger partial charge on any atom is 0.133 e. The Labute approximate surface area is 178 Å². The minimum absolute atomic E-state index is 0.589. The van der Waals surface area contributed by atoms with Crippen LogP contribution in [0, 0.1) is 11.3 Å². The Balaban J connectivity index is 1.45. The molecule has 2 aromatic carbocycles. The van der Waals surface area contributed by atoms with Crippen LogP contribution in [0.5, 0.6) is 0 Å².